The molecule has 78 valence electrons. The summed E-state index contributed by atoms with van der Waals surface area (Å²) in [6, 6.07) is 0. The van der Waals surface area contributed by atoms with Crippen LogP contribution < -0.4 is 0 Å². The third kappa shape index (κ3) is 3.43. The second-order valence-corrected chi connectivity index (χ2v) is 4.12. The first-order chi connectivity index (χ1) is 6.61. The lowest BCUT2D eigenvalue weighted by Gasteiger charge is -2.15. The highest BCUT2D eigenvalue weighted by molar-refractivity contribution is 7.09. The number of carboxylic acids is 1. The molecule has 0 bridgehead atoms. The van der Waals surface area contributed by atoms with Gasteiger partial charge in [-0.1, -0.05) is 6.92 Å². The van der Waals surface area contributed by atoms with Gasteiger partial charge in [0.25, 0.3) is 0 Å². The summed E-state index contributed by atoms with van der Waals surface area (Å²) in [6.07, 6.45) is 0. The molecule has 14 heavy (non-hydrogen) atoms. The van der Waals surface area contributed by atoms with Gasteiger partial charge in [0, 0.05) is 11.9 Å². The predicted octanol–water partition coefficient (Wildman–Crippen LogP) is 1.36. The Morgan fingerprint density at radius 1 is 1.71 bits per heavy atom. The quantitative estimate of drug-likeness (QED) is 0.804. The number of hydrogen-bond acceptors (Lipinski definition) is 4. The van der Waals surface area contributed by atoms with Crippen LogP contribution in [0.1, 0.15) is 17.6 Å². The van der Waals surface area contributed by atoms with E-state index in [-0.39, 0.29) is 6.54 Å². The van der Waals surface area contributed by atoms with Gasteiger partial charge in [0.2, 0.25) is 0 Å². The summed E-state index contributed by atoms with van der Waals surface area (Å²) in [4.78, 5) is 16.6. The van der Waals surface area contributed by atoms with Crippen LogP contribution in [-0.4, -0.2) is 34.0 Å². The molecule has 0 aliphatic carbocycles. The van der Waals surface area contributed by atoms with Crippen molar-refractivity contribution in [2.75, 3.05) is 13.1 Å². The fourth-order valence-corrected chi connectivity index (χ4v) is 1.78. The Labute approximate surface area is 87.2 Å². The maximum Gasteiger partial charge on any atom is 0.317 e. The first kappa shape index (κ1) is 11.1. The Morgan fingerprint density at radius 3 is 2.86 bits per heavy atom. The highest BCUT2D eigenvalue weighted by Crippen LogP contribution is 2.10. The summed E-state index contributed by atoms with van der Waals surface area (Å²) in [7, 11) is 0. The van der Waals surface area contributed by atoms with E-state index in [4.69, 9.17) is 5.11 Å². The van der Waals surface area contributed by atoms with Crippen LogP contribution in [0, 0.1) is 6.92 Å². The SMILES string of the molecule is CCN(CC(=O)O)Cc1csc(C)n1. The minimum atomic E-state index is -0.793. The van der Waals surface area contributed by atoms with Crippen LogP contribution in [0.4, 0.5) is 0 Å². The number of nitrogens with zero attached hydrogens (tertiary/aromatic N) is 2. The van der Waals surface area contributed by atoms with E-state index in [9.17, 15) is 4.79 Å². The Hall–Kier alpha value is -0.940. The van der Waals surface area contributed by atoms with E-state index in [0.29, 0.717) is 6.54 Å². The fourth-order valence-electron chi connectivity index (χ4n) is 1.18. The van der Waals surface area contributed by atoms with Gasteiger partial charge in [-0.15, -0.1) is 11.3 Å². The van der Waals surface area contributed by atoms with Crippen molar-refractivity contribution in [3.8, 4) is 0 Å². The first-order valence-corrected chi connectivity index (χ1v) is 5.35. The molecule has 0 aromatic carbocycles. The van der Waals surface area contributed by atoms with Gasteiger partial charge < -0.3 is 5.11 Å². The zero-order valence-electron chi connectivity index (χ0n) is 8.36. The molecule has 0 amide bonds. The average Bonchev–Trinajstić information content (AvgIpc) is 2.49. The van der Waals surface area contributed by atoms with Crippen molar-refractivity contribution < 1.29 is 9.90 Å². The summed E-state index contributed by atoms with van der Waals surface area (Å²) in [5.41, 5.74) is 0.954. The predicted molar refractivity (Wildman–Crippen MR) is 55.4 cm³/mol. The van der Waals surface area contributed by atoms with E-state index >= 15 is 0 Å². The normalized spacial score (nSPS) is 10.8. The van der Waals surface area contributed by atoms with E-state index in [2.05, 4.69) is 4.98 Å². The number of aliphatic carboxylic acids is 1. The average molecular weight is 214 g/mol. The lowest BCUT2D eigenvalue weighted by Crippen LogP contribution is -2.29. The van der Waals surface area contributed by atoms with Crippen LogP contribution in [-0.2, 0) is 11.3 Å². The zero-order valence-corrected chi connectivity index (χ0v) is 9.17. The van der Waals surface area contributed by atoms with Gasteiger partial charge in [-0.05, 0) is 13.5 Å². The summed E-state index contributed by atoms with van der Waals surface area (Å²) in [6.45, 7) is 5.31. The van der Waals surface area contributed by atoms with Crippen molar-refractivity contribution in [1.82, 2.24) is 9.88 Å². The van der Waals surface area contributed by atoms with Gasteiger partial charge in [-0.2, -0.15) is 0 Å². The standard InChI is InChI=1S/C9H14N2O2S/c1-3-11(5-9(12)13)4-8-6-14-7(2)10-8/h6H,3-5H2,1-2H3,(H,12,13). The van der Waals surface area contributed by atoms with Gasteiger partial charge in [0.1, 0.15) is 0 Å². The smallest absolute Gasteiger partial charge is 0.317 e. The third-order valence-electron chi connectivity index (χ3n) is 1.86. The maximum absolute atomic E-state index is 10.5. The molecule has 0 aliphatic heterocycles. The molecule has 0 atom stereocenters. The lowest BCUT2D eigenvalue weighted by atomic mass is 10.4. The summed E-state index contributed by atoms with van der Waals surface area (Å²) in [5, 5.41) is 11.6. The summed E-state index contributed by atoms with van der Waals surface area (Å²) in [5.74, 6) is -0.793. The molecule has 1 heterocycles. The van der Waals surface area contributed by atoms with Crippen LogP contribution in [0.2, 0.25) is 0 Å². The number of thiazole rings is 1. The molecule has 0 unspecified atom stereocenters. The monoisotopic (exact) mass is 214 g/mol. The van der Waals surface area contributed by atoms with Crippen molar-refractivity contribution >= 4 is 17.3 Å². The van der Waals surface area contributed by atoms with E-state index in [1.165, 1.54) is 0 Å². The molecule has 0 spiro atoms. The largest absolute Gasteiger partial charge is 0.480 e. The molecule has 5 heteroatoms. The minimum absolute atomic E-state index is 0.0765. The number of rotatable bonds is 5. The van der Waals surface area contributed by atoms with Crippen LogP contribution in [0.5, 0.6) is 0 Å². The Bertz CT molecular complexity index is 312. The minimum Gasteiger partial charge on any atom is -0.480 e. The van der Waals surface area contributed by atoms with E-state index in [0.717, 1.165) is 17.2 Å². The second kappa shape index (κ2) is 5.07. The molecular weight excluding hydrogens is 200 g/mol. The van der Waals surface area contributed by atoms with Gasteiger partial charge in [0.05, 0.1) is 17.2 Å². The summed E-state index contributed by atoms with van der Waals surface area (Å²) >= 11 is 1.59. The highest BCUT2D eigenvalue weighted by atomic mass is 32.1. The molecule has 0 fully saturated rings. The highest BCUT2D eigenvalue weighted by Gasteiger charge is 2.09. The molecule has 1 rings (SSSR count). The Balaban J connectivity index is 2.52. The third-order valence-corrected chi connectivity index (χ3v) is 2.68. The van der Waals surface area contributed by atoms with Crippen LogP contribution >= 0.6 is 11.3 Å². The van der Waals surface area contributed by atoms with Crippen molar-refractivity contribution in [3.05, 3.63) is 16.1 Å². The number of hydrogen-bond donors (Lipinski definition) is 1. The molecular formula is C9H14N2O2S. The molecule has 0 saturated carbocycles. The molecule has 4 nitrogen and oxygen atoms in total. The van der Waals surface area contributed by atoms with E-state index in [1.807, 2.05) is 24.1 Å². The lowest BCUT2D eigenvalue weighted by molar-refractivity contribution is -0.138. The summed E-state index contributed by atoms with van der Waals surface area (Å²) < 4.78 is 0. The zero-order chi connectivity index (χ0) is 10.6. The number of carboxylic acid groups (broad SMARTS) is 1. The van der Waals surface area contributed by atoms with Crippen molar-refractivity contribution in [3.63, 3.8) is 0 Å². The topological polar surface area (TPSA) is 53.4 Å². The molecule has 1 N–H and O–H groups in total. The second-order valence-electron chi connectivity index (χ2n) is 3.05. The number of carbonyl (C=O) groups is 1. The Morgan fingerprint density at radius 2 is 2.43 bits per heavy atom. The van der Waals surface area contributed by atoms with Crippen LogP contribution in [0.25, 0.3) is 0 Å². The van der Waals surface area contributed by atoms with Crippen molar-refractivity contribution in [1.29, 1.82) is 0 Å². The molecule has 0 radical (unpaired) electrons. The number of likely N-dealkylation sites (N-methyl/N-ethyl adjacent to an activating group) is 1. The fraction of sp³-hybridized carbons (Fsp3) is 0.556. The van der Waals surface area contributed by atoms with Crippen molar-refractivity contribution in [2.24, 2.45) is 0 Å². The van der Waals surface area contributed by atoms with E-state index < -0.39 is 5.97 Å². The maximum atomic E-state index is 10.5. The molecule has 1 aromatic heterocycles. The Kier molecular flexibility index (Phi) is 4.03. The number of aryl methyl sites for hydroxylation is 1. The molecule has 0 aliphatic rings. The first-order valence-electron chi connectivity index (χ1n) is 4.47. The van der Waals surface area contributed by atoms with Crippen LogP contribution in [0.3, 0.4) is 0 Å². The van der Waals surface area contributed by atoms with Gasteiger partial charge >= 0.3 is 5.97 Å². The van der Waals surface area contributed by atoms with Gasteiger partial charge in [-0.3, -0.25) is 9.69 Å². The van der Waals surface area contributed by atoms with Gasteiger partial charge in [-0.25, -0.2) is 4.98 Å². The molecule has 1 aromatic rings. The van der Waals surface area contributed by atoms with Crippen LogP contribution in [0.15, 0.2) is 5.38 Å². The number of aromatic nitrogens is 1. The molecule has 0 saturated heterocycles. The van der Waals surface area contributed by atoms with Crippen molar-refractivity contribution in [2.45, 2.75) is 20.4 Å². The van der Waals surface area contributed by atoms with E-state index in [1.54, 1.807) is 11.3 Å². The van der Waals surface area contributed by atoms with Gasteiger partial charge in [0.15, 0.2) is 0 Å².